The van der Waals surface area contributed by atoms with Crippen LogP contribution in [0.2, 0.25) is 0 Å². The molecule has 1 aliphatic carbocycles. The predicted octanol–water partition coefficient (Wildman–Crippen LogP) is 5.87. The minimum Gasteiger partial charge on any atom is -0.478 e. The Kier molecular flexibility index (Phi) is 6.46. The summed E-state index contributed by atoms with van der Waals surface area (Å²) in [6.07, 6.45) is 3.86. The summed E-state index contributed by atoms with van der Waals surface area (Å²) < 4.78 is 0. The topological polar surface area (TPSA) is 98.7 Å². The summed E-state index contributed by atoms with van der Waals surface area (Å²) in [5.41, 5.74) is 5.81. The molecule has 7 heteroatoms. The molecule has 0 spiro atoms. The van der Waals surface area contributed by atoms with Gasteiger partial charge in [-0.25, -0.2) is 9.59 Å². The average molecular weight is 484 g/mol. The molecule has 0 unspecified atom stereocenters. The summed E-state index contributed by atoms with van der Waals surface area (Å²) in [4.78, 5) is 38.7. The van der Waals surface area contributed by atoms with Crippen molar-refractivity contribution in [2.45, 2.75) is 44.6 Å². The first-order valence-corrected chi connectivity index (χ1v) is 12.3. The molecule has 0 bridgehead atoms. The van der Waals surface area contributed by atoms with Crippen LogP contribution in [0.1, 0.15) is 53.1 Å². The van der Waals surface area contributed by atoms with Crippen molar-refractivity contribution < 1.29 is 19.5 Å². The number of benzene rings is 3. The first kappa shape index (κ1) is 23.6. The van der Waals surface area contributed by atoms with Crippen LogP contribution < -0.4 is 10.6 Å². The molecule has 5 rings (SSSR count). The Balaban J connectivity index is 1.21. The Labute approximate surface area is 210 Å². The summed E-state index contributed by atoms with van der Waals surface area (Å²) >= 11 is 0. The summed E-state index contributed by atoms with van der Waals surface area (Å²) in [5.74, 6) is -0.510. The normalized spacial score (nSPS) is 17.0. The lowest BCUT2D eigenvalue weighted by molar-refractivity contribution is -0.119. The van der Waals surface area contributed by atoms with E-state index >= 15 is 0 Å². The lowest BCUT2D eigenvalue weighted by atomic mass is 10.0. The van der Waals surface area contributed by atoms with Crippen LogP contribution in [0.5, 0.6) is 0 Å². The SMILES string of the molecule is Cc1cc(C2CC2)ccc1NC(=O)N1CCC[C@@H]1C(=O)Nc1ccc(-c2ccc(C(=O)O)cc2)cc1. The lowest BCUT2D eigenvalue weighted by Crippen LogP contribution is -2.45. The van der Waals surface area contributed by atoms with E-state index in [0.717, 1.165) is 28.8 Å². The van der Waals surface area contributed by atoms with Gasteiger partial charge in [-0.2, -0.15) is 0 Å². The van der Waals surface area contributed by atoms with E-state index in [-0.39, 0.29) is 17.5 Å². The molecule has 2 fully saturated rings. The van der Waals surface area contributed by atoms with Gasteiger partial charge in [0.1, 0.15) is 6.04 Å². The van der Waals surface area contributed by atoms with Crippen LogP contribution >= 0.6 is 0 Å². The van der Waals surface area contributed by atoms with Crippen molar-refractivity contribution in [2.24, 2.45) is 0 Å². The standard InChI is InChI=1S/C29H29N3O4/c1-18-17-23(21-4-5-21)12-15-25(18)31-29(36)32-16-2-3-26(32)27(33)30-24-13-10-20(11-14-24)19-6-8-22(9-7-19)28(34)35/h6-15,17,21,26H,2-5,16H2,1H3,(H,30,33)(H,31,36)(H,34,35)/t26-/m1/s1. The highest BCUT2D eigenvalue weighted by molar-refractivity contribution is 6.00. The molecule has 1 saturated heterocycles. The number of carbonyl (C=O) groups excluding carboxylic acids is 2. The van der Waals surface area contributed by atoms with Gasteiger partial charge in [0.2, 0.25) is 5.91 Å². The number of nitrogens with zero attached hydrogens (tertiary/aromatic N) is 1. The van der Waals surface area contributed by atoms with E-state index in [9.17, 15) is 14.4 Å². The van der Waals surface area contributed by atoms with E-state index in [2.05, 4.69) is 22.8 Å². The maximum absolute atomic E-state index is 13.0. The largest absolute Gasteiger partial charge is 0.478 e. The summed E-state index contributed by atoms with van der Waals surface area (Å²) in [7, 11) is 0. The molecule has 7 nitrogen and oxygen atoms in total. The van der Waals surface area contributed by atoms with Crippen molar-refractivity contribution in [3.8, 4) is 11.1 Å². The molecule has 184 valence electrons. The Morgan fingerprint density at radius 2 is 1.53 bits per heavy atom. The van der Waals surface area contributed by atoms with Gasteiger partial charge in [-0.05, 0) is 91.1 Å². The van der Waals surface area contributed by atoms with Gasteiger partial charge in [-0.15, -0.1) is 0 Å². The van der Waals surface area contributed by atoms with Crippen LogP contribution in [0.3, 0.4) is 0 Å². The number of urea groups is 1. The molecule has 3 amide bonds. The number of aryl methyl sites for hydroxylation is 1. The van der Waals surface area contributed by atoms with E-state index in [1.54, 1.807) is 29.2 Å². The van der Waals surface area contributed by atoms with Gasteiger partial charge < -0.3 is 20.6 Å². The van der Waals surface area contributed by atoms with Gasteiger partial charge in [0.25, 0.3) is 0 Å². The quantitative estimate of drug-likeness (QED) is 0.408. The smallest absolute Gasteiger partial charge is 0.335 e. The number of carboxylic acid groups (broad SMARTS) is 1. The number of anilines is 2. The molecule has 0 aromatic heterocycles. The maximum atomic E-state index is 13.0. The first-order chi connectivity index (χ1) is 17.4. The van der Waals surface area contributed by atoms with E-state index in [1.807, 2.05) is 37.3 Å². The monoisotopic (exact) mass is 483 g/mol. The highest BCUT2D eigenvalue weighted by Gasteiger charge is 2.34. The zero-order valence-corrected chi connectivity index (χ0v) is 20.2. The van der Waals surface area contributed by atoms with Gasteiger partial charge in [0, 0.05) is 17.9 Å². The molecule has 1 aliphatic heterocycles. The van der Waals surface area contributed by atoms with Crippen molar-refractivity contribution in [3.05, 3.63) is 83.4 Å². The zero-order valence-electron chi connectivity index (χ0n) is 20.2. The average Bonchev–Trinajstić information content (AvgIpc) is 3.61. The first-order valence-electron chi connectivity index (χ1n) is 12.3. The van der Waals surface area contributed by atoms with Gasteiger partial charge in [0.15, 0.2) is 0 Å². The number of aromatic carboxylic acids is 1. The highest BCUT2D eigenvalue weighted by Crippen LogP contribution is 2.41. The second-order valence-corrected chi connectivity index (χ2v) is 9.58. The van der Waals surface area contributed by atoms with E-state index in [1.165, 1.54) is 18.4 Å². The number of carboxylic acids is 1. The van der Waals surface area contributed by atoms with Crippen LogP contribution in [0.15, 0.2) is 66.7 Å². The van der Waals surface area contributed by atoms with E-state index in [4.69, 9.17) is 5.11 Å². The van der Waals surface area contributed by atoms with Crippen molar-refractivity contribution in [1.82, 2.24) is 4.90 Å². The molecule has 3 aromatic carbocycles. The number of hydrogen-bond acceptors (Lipinski definition) is 3. The Bertz CT molecular complexity index is 1300. The van der Waals surface area contributed by atoms with Gasteiger partial charge in [0.05, 0.1) is 5.56 Å². The van der Waals surface area contributed by atoms with Crippen molar-refractivity contribution in [1.29, 1.82) is 0 Å². The fourth-order valence-electron chi connectivity index (χ4n) is 4.74. The summed E-state index contributed by atoms with van der Waals surface area (Å²) in [6, 6.07) is 19.4. The minimum absolute atomic E-state index is 0.206. The molecule has 3 N–H and O–H groups in total. The molecule has 1 heterocycles. The molecular formula is C29H29N3O4. The molecule has 1 saturated carbocycles. The van der Waals surface area contributed by atoms with Gasteiger partial charge in [-0.3, -0.25) is 4.79 Å². The van der Waals surface area contributed by atoms with Crippen LogP contribution in [-0.4, -0.2) is 40.5 Å². The van der Waals surface area contributed by atoms with E-state index in [0.29, 0.717) is 24.6 Å². The molecular weight excluding hydrogens is 454 g/mol. The van der Waals surface area contributed by atoms with Crippen LogP contribution in [0, 0.1) is 6.92 Å². The van der Waals surface area contributed by atoms with Gasteiger partial charge >= 0.3 is 12.0 Å². The zero-order chi connectivity index (χ0) is 25.2. The number of nitrogens with one attached hydrogen (secondary N) is 2. The number of amides is 3. The Hall–Kier alpha value is -4.13. The number of likely N-dealkylation sites (tertiary alicyclic amines) is 1. The number of carbonyl (C=O) groups is 3. The summed E-state index contributed by atoms with van der Waals surface area (Å²) in [5, 5.41) is 15.0. The molecule has 3 aromatic rings. The Morgan fingerprint density at radius 3 is 2.14 bits per heavy atom. The second-order valence-electron chi connectivity index (χ2n) is 9.58. The highest BCUT2D eigenvalue weighted by atomic mass is 16.4. The fraction of sp³-hybridized carbons (Fsp3) is 0.276. The molecule has 1 atom stereocenters. The van der Waals surface area contributed by atoms with Crippen molar-refractivity contribution in [3.63, 3.8) is 0 Å². The molecule has 2 aliphatic rings. The minimum atomic E-state index is -0.962. The molecule has 0 radical (unpaired) electrons. The predicted molar refractivity (Wildman–Crippen MR) is 139 cm³/mol. The third kappa shape index (κ3) is 5.10. The maximum Gasteiger partial charge on any atom is 0.335 e. The second kappa shape index (κ2) is 9.85. The Morgan fingerprint density at radius 1 is 0.861 bits per heavy atom. The van der Waals surface area contributed by atoms with E-state index < -0.39 is 12.0 Å². The van der Waals surface area contributed by atoms with Crippen LogP contribution in [0.25, 0.3) is 11.1 Å². The number of rotatable bonds is 6. The van der Waals surface area contributed by atoms with Crippen LogP contribution in [0.4, 0.5) is 16.2 Å². The number of hydrogen-bond donors (Lipinski definition) is 3. The third-order valence-corrected chi connectivity index (χ3v) is 6.97. The van der Waals surface area contributed by atoms with Crippen molar-refractivity contribution >= 4 is 29.3 Å². The third-order valence-electron chi connectivity index (χ3n) is 6.97. The molecule has 36 heavy (non-hydrogen) atoms. The van der Waals surface area contributed by atoms with Crippen LogP contribution in [-0.2, 0) is 4.79 Å². The van der Waals surface area contributed by atoms with Crippen molar-refractivity contribution in [2.75, 3.05) is 17.2 Å². The van der Waals surface area contributed by atoms with Gasteiger partial charge in [-0.1, -0.05) is 36.4 Å². The lowest BCUT2D eigenvalue weighted by Gasteiger charge is -2.25. The fourth-order valence-corrected chi connectivity index (χ4v) is 4.74. The summed E-state index contributed by atoms with van der Waals surface area (Å²) in [6.45, 7) is 2.54.